The number of hydrogen-bond donors (Lipinski definition) is 2. The molecule has 0 aliphatic rings. The largest absolute Gasteiger partial charge is 0.339 e. The number of anilines is 2. The predicted molar refractivity (Wildman–Crippen MR) is 74.7 cm³/mol. The lowest BCUT2D eigenvalue weighted by atomic mass is 10.2. The van der Waals surface area contributed by atoms with E-state index < -0.39 is 0 Å². The van der Waals surface area contributed by atoms with Crippen LogP contribution in [0.4, 0.5) is 11.5 Å². The highest BCUT2D eigenvalue weighted by Gasteiger charge is 2.07. The van der Waals surface area contributed by atoms with E-state index >= 15 is 0 Å². The number of aromatic amines is 1. The Morgan fingerprint density at radius 3 is 2.88 bits per heavy atom. The third-order valence-corrected chi connectivity index (χ3v) is 3.91. The van der Waals surface area contributed by atoms with Gasteiger partial charge in [0.2, 0.25) is 0 Å². The van der Waals surface area contributed by atoms with Crippen molar-refractivity contribution in [3.63, 3.8) is 0 Å². The molecule has 2 aromatic rings. The van der Waals surface area contributed by atoms with E-state index in [9.17, 15) is 4.79 Å². The monoisotopic (exact) mass is 357 g/mol. The van der Waals surface area contributed by atoms with Crippen LogP contribution in [-0.4, -0.2) is 9.97 Å². The highest BCUT2D eigenvalue weighted by atomic mass is 79.9. The number of benzene rings is 1. The zero-order valence-corrected chi connectivity index (χ0v) is 12.1. The Hall–Kier alpha value is -1.14. The summed E-state index contributed by atoms with van der Waals surface area (Å²) in [6, 6.07) is 5.80. The molecule has 2 N–H and O–H groups in total. The average molecular weight is 359 g/mol. The van der Waals surface area contributed by atoms with Crippen LogP contribution in [0.3, 0.4) is 0 Å². The van der Waals surface area contributed by atoms with E-state index in [4.69, 9.17) is 0 Å². The summed E-state index contributed by atoms with van der Waals surface area (Å²) in [6.07, 6.45) is 1.36. The standard InChI is InChI=1S/C11H9Br2N3O/c1-6-7(12)3-2-4-8(6)16-10-9(13)11(17)15-5-14-10/h2-5H,1H3,(H2,14,15,16,17). The molecule has 0 saturated heterocycles. The Morgan fingerprint density at radius 2 is 2.12 bits per heavy atom. The topological polar surface area (TPSA) is 57.8 Å². The minimum absolute atomic E-state index is 0.213. The maximum absolute atomic E-state index is 11.4. The lowest BCUT2D eigenvalue weighted by Gasteiger charge is -2.10. The van der Waals surface area contributed by atoms with E-state index in [1.165, 1.54) is 6.33 Å². The van der Waals surface area contributed by atoms with Crippen molar-refractivity contribution in [2.45, 2.75) is 6.92 Å². The molecule has 0 aliphatic carbocycles. The van der Waals surface area contributed by atoms with Gasteiger partial charge < -0.3 is 10.3 Å². The number of halogens is 2. The van der Waals surface area contributed by atoms with Crippen LogP contribution in [0.15, 0.2) is 38.3 Å². The molecule has 6 heteroatoms. The number of aromatic nitrogens is 2. The molecular weight excluding hydrogens is 350 g/mol. The molecule has 0 unspecified atom stereocenters. The average Bonchev–Trinajstić information content (AvgIpc) is 2.31. The Labute approximate surface area is 115 Å². The van der Waals surface area contributed by atoms with Crippen molar-refractivity contribution in [3.8, 4) is 0 Å². The van der Waals surface area contributed by atoms with Crippen molar-refractivity contribution in [3.05, 3.63) is 49.4 Å². The molecule has 0 fully saturated rings. The molecular formula is C11H9Br2N3O. The minimum Gasteiger partial charge on any atom is -0.339 e. The third kappa shape index (κ3) is 2.58. The summed E-state index contributed by atoms with van der Waals surface area (Å²) >= 11 is 6.65. The van der Waals surface area contributed by atoms with Crippen molar-refractivity contribution >= 4 is 43.4 Å². The zero-order chi connectivity index (χ0) is 12.4. The predicted octanol–water partition coefficient (Wildman–Crippen LogP) is 3.35. The number of H-pyrrole nitrogens is 1. The summed E-state index contributed by atoms with van der Waals surface area (Å²) in [6.45, 7) is 1.98. The van der Waals surface area contributed by atoms with Crippen molar-refractivity contribution in [1.82, 2.24) is 9.97 Å². The SMILES string of the molecule is Cc1c(Br)cccc1Nc1nc[nH]c(=O)c1Br. The van der Waals surface area contributed by atoms with Gasteiger partial charge in [-0.2, -0.15) is 0 Å². The lowest BCUT2D eigenvalue weighted by molar-refractivity contribution is 1.10. The van der Waals surface area contributed by atoms with E-state index in [1.54, 1.807) is 0 Å². The molecule has 4 nitrogen and oxygen atoms in total. The summed E-state index contributed by atoms with van der Waals surface area (Å²) in [5.41, 5.74) is 1.75. The van der Waals surface area contributed by atoms with E-state index in [0.29, 0.717) is 10.3 Å². The minimum atomic E-state index is -0.213. The fourth-order valence-corrected chi connectivity index (χ4v) is 2.02. The molecule has 0 aliphatic heterocycles. The van der Waals surface area contributed by atoms with Crippen LogP contribution in [0.5, 0.6) is 0 Å². The van der Waals surface area contributed by atoms with Crippen molar-refractivity contribution in [1.29, 1.82) is 0 Å². The Balaban J connectivity index is 2.42. The van der Waals surface area contributed by atoms with Gasteiger partial charge >= 0.3 is 0 Å². The van der Waals surface area contributed by atoms with Crippen molar-refractivity contribution in [2.24, 2.45) is 0 Å². The van der Waals surface area contributed by atoms with Crippen LogP contribution < -0.4 is 10.9 Å². The number of nitrogens with one attached hydrogen (secondary N) is 2. The second-order valence-corrected chi connectivity index (χ2v) is 5.08. The summed E-state index contributed by atoms with van der Waals surface area (Å²) in [5.74, 6) is 0.495. The number of nitrogens with zero attached hydrogens (tertiary/aromatic N) is 1. The van der Waals surface area contributed by atoms with Crippen LogP contribution in [0.2, 0.25) is 0 Å². The van der Waals surface area contributed by atoms with Crippen LogP contribution >= 0.6 is 31.9 Å². The number of hydrogen-bond acceptors (Lipinski definition) is 3. The highest BCUT2D eigenvalue weighted by Crippen LogP contribution is 2.27. The van der Waals surface area contributed by atoms with Gasteiger partial charge in [0.15, 0.2) is 5.82 Å². The number of rotatable bonds is 2. The van der Waals surface area contributed by atoms with Crippen LogP contribution in [0.25, 0.3) is 0 Å². The van der Waals surface area contributed by atoms with Gasteiger partial charge in [0.25, 0.3) is 5.56 Å². The van der Waals surface area contributed by atoms with Crippen molar-refractivity contribution < 1.29 is 0 Å². The second-order valence-electron chi connectivity index (χ2n) is 3.43. The van der Waals surface area contributed by atoms with Gasteiger partial charge in [0.05, 0.1) is 6.33 Å². The smallest absolute Gasteiger partial charge is 0.267 e. The van der Waals surface area contributed by atoms with E-state index in [2.05, 4.69) is 47.1 Å². The van der Waals surface area contributed by atoms with Gasteiger partial charge in [-0.25, -0.2) is 4.98 Å². The van der Waals surface area contributed by atoms with Gasteiger partial charge in [0, 0.05) is 10.2 Å². The first-order chi connectivity index (χ1) is 8.09. The second kappa shape index (κ2) is 5.01. The Kier molecular flexibility index (Phi) is 3.63. The fraction of sp³-hybridized carbons (Fsp3) is 0.0909. The maximum Gasteiger partial charge on any atom is 0.267 e. The van der Waals surface area contributed by atoms with Gasteiger partial charge in [-0.05, 0) is 40.5 Å². The van der Waals surface area contributed by atoms with Gasteiger partial charge in [-0.15, -0.1) is 0 Å². The van der Waals surface area contributed by atoms with Crippen molar-refractivity contribution in [2.75, 3.05) is 5.32 Å². The van der Waals surface area contributed by atoms with Gasteiger partial charge in [-0.1, -0.05) is 22.0 Å². The molecule has 0 amide bonds. The lowest BCUT2D eigenvalue weighted by Crippen LogP contribution is -2.10. The molecule has 1 aromatic heterocycles. The molecule has 0 bridgehead atoms. The maximum atomic E-state index is 11.4. The summed E-state index contributed by atoms with van der Waals surface area (Å²) in [7, 11) is 0. The van der Waals surface area contributed by atoms with Crippen LogP contribution in [0, 0.1) is 6.92 Å². The van der Waals surface area contributed by atoms with E-state index in [0.717, 1.165) is 15.7 Å². The first-order valence-electron chi connectivity index (χ1n) is 4.85. The molecule has 88 valence electrons. The van der Waals surface area contributed by atoms with Crippen LogP contribution in [0.1, 0.15) is 5.56 Å². The van der Waals surface area contributed by atoms with Gasteiger partial charge in [0.1, 0.15) is 4.47 Å². The third-order valence-electron chi connectivity index (χ3n) is 2.32. The zero-order valence-electron chi connectivity index (χ0n) is 8.92. The van der Waals surface area contributed by atoms with Crippen LogP contribution in [-0.2, 0) is 0 Å². The first kappa shape index (κ1) is 12.3. The summed E-state index contributed by atoms with van der Waals surface area (Å²) < 4.78 is 1.39. The normalized spacial score (nSPS) is 10.3. The highest BCUT2D eigenvalue weighted by molar-refractivity contribution is 9.10. The Morgan fingerprint density at radius 1 is 1.35 bits per heavy atom. The van der Waals surface area contributed by atoms with E-state index in [-0.39, 0.29) is 5.56 Å². The first-order valence-corrected chi connectivity index (χ1v) is 6.43. The molecule has 0 radical (unpaired) electrons. The van der Waals surface area contributed by atoms with E-state index in [1.807, 2.05) is 25.1 Å². The Bertz CT molecular complexity index is 610. The molecule has 0 atom stereocenters. The fourth-order valence-electron chi connectivity index (χ4n) is 1.34. The molecule has 1 heterocycles. The molecule has 17 heavy (non-hydrogen) atoms. The molecule has 2 rings (SSSR count). The van der Waals surface area contributed by atoms with Gasteiger partial charge in [-0.3, -0.25) is 4.79 Å². The quantitative estimate of drug-likeness (QED) is 0.865. The molecule has 1 aromatic carbocycles. The molecule has 0 spiro atoms. The summed E-state index contributed by atoms with van der Waals surface area (Å²) in [4.78, 5) is 18.0. The molecule has 0 saturated carbocycles. The summed E-state index contributed by atoms with van der Waals surface area (Å²) in [5, 5.41) is 3.11.